The Morgan fingerprint density at radius 1 is 1.04 bits per heavy atom. The largest absolute Gasteiger partial charge is 0.489 e. The molecule has 2 atom stereocenters. The first kappa shape index (κ1) is 19.0. The monoisotopic (exact) mass is 378 g/mol. The summed E-state index contributed by atoms with van der Waals surface area (Å²) in [6.45, 7) is 6.23. The highest BCUT2D eigenvalue weighted by molar-refractivity contribution is 5.73. The molecule has 0 aliphatic carbocycles. The van der Waals surface area contributed by atoms with Crippen LogP contribution in [-0.2, 0) is 17.9 Å². The second-order valence-electron chi connectivity index (χ2n) is 8.12. The van der Waals surface area contributed by atoms with Gasteiger partial charge in [-0.3, -0.25) is 9.69 Å². The molecule has 0 N–H and O–H groups in total. The first-order valence-corrected chi connectivity index (χ1v) is 10.4. The van der Waals surface area contributed by atoms with Crippen LogP contribution in [0.25, 0.3) is 0 Å². The van der Waals surface area contributed by atoms with Gasteiger partial charge in [-0.2, -0.15) is 0 Å². The van der Waals surface area contributed by atoms with E-state index < -0.39 is 0 Å². The quantitative estimate of drug-likeness (QED) is 0.785. The number of piperidine rings is 2. The maximum absolute atomic E-state index is 11.7. The van der Waals surface area contributed by atoms with E-state index in [1.807, 2.05) is 29.2 Å². The molecule has 28 heavy (non-hydrogen) atoms. The van der Waals surface area contributed by atoms with Crippen LogP contribution in [0.3, 0.4) is 0 Å². The zero-order chi connectivity index (χ0) is 19.3. The van der Waals surface area contributed by atoms with Gasteiger partial charge in [-0.25, -0.2) is 0 Å². The van der Waals surface area contributed by atoms with Gasteiger partial charge in [-0.1, -0.05) is 42.5 Å². The Kier molecular flexibility index (Phi) is 5.96. The Balaban J connectivity index is 1.38. The van der Waals surface area contributed by atoms with Crippen LogP contribution in [0.2, 0.25) is 0 Å². The number of amides is 1. The fourth-order valence-corrected chi connectivity index (χ4v) is 4.70. The van der Waals surface area contributed by atoms with E-state index in [0.717, 1.165) is 38.3 Å². The minimum Gasteiger partial charge on any atom is -0.489 e. The van der Waals surface area contributed by atoms with Crippen molar-refractivity contribution in [1.29, 1.82) is 0 Å². The number of rotatable bonds is 5. The minimum atomic E-state index is 0.221. The normalized spacial score (nSPS) is 22.5. The van der Waals surface area contributed by atoms with Crippen LogP contribution in [0.15, 0.2) is 54.6 Å². The van der Waals surface area contributed by atoms with Crippen LogP contribution in [-0.4, -0.2) is 41.4 Å². The van der Waals surface area contributed by atoms with Gasteiger partial charge in [0, 0.05) is 32.6 Å². The molecule has 0 saturated carbocycles. The van der Waals surface area contributed by atoms with E-state index in [4.69, 9.17) is 4.74 Å². The van der Waals surface area contributed by atoms with E-state index >= 15 is 0 Å². The van der Waals surface area contributed by atoms with Crippen molar-refractivity contribution in [2.24, 2.45) is 5.92 Å². The molecule has 0 aromatic heterocycles. The van der Waals surface area contributed by atoms with Crippen molar-refractivity contribution < 1.29 is 9.53 Å². The lowest BCUT2D eigenvalue weighted by Crippen LogP contribution is -2.54. The Labute approximate surface area is 168 Å². The second kappa shape index (κ2) is 8.78. The number of benzene rings is 2. The molecule has 148 valence electrons. The summed E-state index contributed by atoms with van der Waals surface area (Å²) in [5, 5.41) is 0. The summed E-state index contributed by atoms with van der Waals surface area (Å²) in [4.78, 5) is 16.4. The molecule has 0 unspecified atom stereocenters. The number of carbonyl (C=O) groups excluding carboxylic acids is 1. The summed E-state index contributed by atoms with van der Waals surface area (Å²) in [6, 6.07) is 19.4. The Bertz CT molecular complexity index is 792. The summed E-state index contributed by atoms with van der Waals surface area (Å²) in [7, 11) is 0. The third-order valence-electron chi connectivity index (χ3n) is 6.16. The van der Waals surface area contributed by atoms with Crippen LogP contribution in [0.4, 0.5) is 0 Å². The number of carbonyl (C=O) groups is 1. The lowest BCUT2D eigenvalue weighted by Gasteiger charge is -2.47. The fourth-order valence-electron chi connectivity index (χ4n) is 4.70. The van der Waals surface area contributed by atoms with E-state index in [-0.39, 0.29) is 5.91 Å². The van der Waals surface area contributed by atoms with Crippen molar-refractivity contribution >= 4 is 5.91 Å². The average molecular weight is 379 g/mol. The summed E-state index contributed by atoms with van der Waals surface area (Å²) < 4.78 is 6.01. The average Bonchev–Trinajstić information content (AvgIpc) is 2.73. The van der Waals surface area contributed by atoms with Crippen molar-refractivity contribution in [1.82, 2.24) is 9.80 Å². The topological polar surface area (TPSA) is 32.8 Å². The van der Waals surface area contributed by atoms with E-state index in [2.05, 4.69) is 35.2 Å². The van der Waals surface area contributed by atoms with Crippen molar-refractivity contribution in [2.75, 3.05) is 19.6 Å². The lowest BCUT2D eigenvalue weighted by molar-refractivity contribution is -0.132. The summed E-state index contributed by atoms with van der Waals surface area (Å²) in [5.41, 5.74) is 2.49. The summed E-state index contributed by atoms with van der Waals surface area (Å²) in [5.74, 6) is 1.77. The maximum atomic E-state index is 11.7. The first-order chi connectivity index (χ1) is 13.7. The number of hydrogen-bond acceptors (Lipinski definition) is 3. The molecule has 4 rings (SSSR count). The van der Waals surface area contributed by atoms with E-state index in [1.165, 1.54) is 24.0 Å². The molecule has 0 spiro atoms. The molecule has 2 aliphatic rings. The molecule has 2 aliphatic heterocycles. The van der Waals surface area contributed by atoms with Gasteiger partial charge in [0.05, 0.1) is 0 Å². The number of nitrogens with zero attached hydrogens (tertiary/aromatic N) is 2. The highest BCUT2D eigenvalue weighted by Crippen LogP contribution is 2.32. The molecule has 2 aromatic carbocycles. The smallest absolute Gasteiger partial charge is 0.219 e. The van der Waals surface area contributed by atoms with E-state index in [9.17, 15) is 4.79 Å². The molecule has 0 radical (unpaired) electrons. The van der Waals surface area contributed by atoms with Crippen LogP contribution < -0.4 is 4.74 Å². The van der Waals surface area contributed by atoms with Gasteiger partial charge in [0.2, 0.25) is 5.91 Å². The van der Waals surface area contributed by atoms with E-state index in [1.54, 1.807) is 6.92 Å². The molecule has 4 heteroatoms. The summed E-state index contributed by atoms with van der Waals surface area (Å²) >= 11 is 0. The third-order valence-corrected chi connectivity index (χ3v) is 6.16. The zero-order valence-electron chi connectivity index (χ0n) is 16.7. The van der Waals surface area contributed by atoms with Crippen molar-refractivity contribution in [2.45, 2.75) is 45.4 Å². The Morgan fingerprint density at radius 3 is 2.68 bits per heavy atom. The molecule has 2 fully saturated rings. The molecule has 0 bridgehead atoms. The third kappa shape index (κ3) is 4.56. The Hall–Kier alpha value is -2.33. The molecular formula is C24H30N2O2. The Morgan fingerprint density at radius 2 is 1.86 bits per heavy atom. The van der Waals surface area contributed by atoms with E-state index in [0.29, 0.717) is 18.6 Å². The van der Waals surface area contributed by atoms with Gasteiger partial charge >= 0.3 is 0 Å². The number of ether oxygens (including phenoxy) is 1. The van der Waals surface area contributed by atoms with Crippen molar-refractivity contribution in [3.05, 3.63) is 65.7 Å². The van der Waals surface area contributed by atoms with Crippen LogP contribution >= 0.6 is 0 Å². The SMILES string of the molecule is CC(=O)N1CC[C@@H]2[C@@H](CCCN2Cc2cccc(OCc3ccccc3)c2)C1. The maximum Gasteiger partial charge on any atom is 0.219 e. The molecule has 2 aromatic rings. The molecular weight excluding hydrogens is 348 g/mol. The van der Waals surface area contributed by atoms with Gasteiger partial charge in [0.1, 0.15) is 12.4 Å². The highest BCUT2D eigenvalue weighted by atomic mass is 16.5. The molecule has 2 heterocycles. The minimum absolute atomic E-state index is 0.221. The number of fused-ring (bicyclic) bond motifs is 1. The van der Waals surface area contributed by atoms with Crippen molar-refractivity contribution in [3.8, 4) is 5.75 Å². The predicted molar refractivity (Wildman–Crippen MR) is 111 cm³/mol. The van der Waals surface area contributed by atoms with Crippen LogP contribution in [0.1, 0.15) is 37.3 Å². The zero-order valence-corrected chi connectivity index (χ0v) is 16.7. The van der Waals surface area contributed by atoms with Gasteiger partial charge in [0.25, 0.3) is 0 Å². The van der Waals surface area contributed by atoms with Crippen LogP contribution in [0.5, 0.6) is 5.75 Å². The van der Waals surface area contributed by atoms with Crippen LogP contribution in [0, 0.1) is 5.92 Å². The van der Waals surface area contributed by atoms with Gasteiger partial charge in [0.15, 0.2) is 0 Å². The molecule has 1 amide bonds. The predicted octanol–water partition coefficient (Wildman–Crippen LogP) is 4.10. The van der Waals surface area contributed by atoms with Gasteiger partial charge < -0.3 is 9.64 Å². The van der Waals surface area contributed by atoms with Gasteiger partial charge in [-0.05, 0) is 55.0 Å². The van der Waals surface area contributed by atoms with Crippen molar-refractivity contribution in [3.63, 3.8) is 0 Å². The second-order valence-corrected chi connectivity index (χ2v) is 8.12. The van der Waals surface area contributed by atoms with Gasteiger partial charge in [-0.15, -0.1) is 0 Å². The number of hydrogen-bond donors (Lipinski definition) is 0. The number of likely N-dealkylation sites (tertiary alicyclic amines) is 2. The molecule has 2 saturated heterocycles. The molecule has 4 nitrogen and oxygen atoms in total. The fraction of sp³-hybridized carbons (Fsp3) is 0.458. The highest BCUT2D eigenvalue weighted by Gasteiger charge is 2.36. The lowest BCUT2D eigenvalue weighted by atomic mass is 9.83. The first-order valence-electron chi connectivity index (χ1n) is 10.4. The standard InChI is InChI=1S/C24H30N2O2/c1-19(27)25-14-12-24-22(17-25)10-6-13-26(24)16-21-9-5-11-23(15-21)28-18-20-7-3-2-4-8-20/h2-5,7-9,11,15,22,24H,6,10,12-14,16-18H2,1H3/t22-,24+/m0/s1. The summed E-state index contributed by atoms with van der Waals surface area (Å²) in [6.07, 6.45) is 3.55.